The second-order valence-corrected chi connectivity index (χ2v) is 8.21. The zero-order valence-corrected chi connectivity index (χ0v) is 17.6. The summed E-state index contributed by atoms with van der Waals surface area (Å²) in [6.45, 7) is -0.769. The summed E-state index contributed by atoms with van der Waals surface area (Å²) in [6.07, 6.45) is 1.31. The van der Waals surface area contributed by atoms with Crippen molar-refractivity contribution in [1.82, 2.24) is 9.55 Å². The molecule has 8 heteroatoms. The zero-order valence-electron chi connectivity index (χ0n) is 16.8. The van der Waals surface area contributed by atoms with E-state index in [4.69, 9.17) is 4.74 Å². The molecule has 0 saturated carbocycles. The van der Waals surface area contributed by atoms with E-state index in [1.165, 1.54) is 10.9 Å². The van der Waals surface area contributed by atoms with E-state index in [1.54, 1.807) is 40.9 Å². The summed E-state index contributed by atoms with van der Waals surface area (Å²) in [5, 5.41) is 0.415. The predicted molar refractivity (Wildman–Crippen MR) is 121 cm³/mol. The molecule has 1 amide bonds. The molecule has 1 aliphatic heterocycles. The molecular weight excluding hydrogens is 426 g/mol. The third-order valence-corrected chi connectivity index (χ3v) is 6.20. The number of hydrogen-bond donors (Lipinski definition) is 0. The number of benzene rings is 3. The largest absolute Gasteiger partial charge is 0.454 e. The van der Waals surface area contributed by atoms with E-state index in [9.17, 15) is 14.4 Å². The van der Waals surface area contributed by atoms with E-state index in [0.29, 0.717) is 10.9 Å². The average molecular weight is 443 g/mol. The quantitative estimate of drug-likeness (QED) is 0.447. The fourth-order valence-corrected chi connectivity index (χ4v) is 4.64. The SMILES string of the molecule is O=C(Cn1cnc2ccccc2c1=O)OCC(=O)N1c2ccccc2Sc2ccccc21. The number of anilines is 2. The Balaban J connectivity index is 1.33. The van der Waals surface area contributed by atoms with Gasteiger partial charge in [0.1, 0.15) is 6.54 Å². The van der Waals surface area contributed by atoms with Crippen molar-refractivity contribution in [3.05, 3.63) is 89.5 Å². The molecule has 32 heavy (non-hydrogen) atoms. The van der Waals surface area contributed by atoms with Crippen LogP contribution in [0, 0.1) is 0 Å². The number of nitrogens with zero attached hydrogens (tertiary/aromatic N) is 3. The number of para-hydroxylation sites is 3. The number of hydrogen-bond acceptors (Lipinski definition) is 6. The summed E-state index contributed by atoms with van der Waals surface area (Å²) in [7, 11) is 0. The van der Waals surface area contributed by atoms with Crippen molar-refractivity contribution in [2.45, 2.75) is 16.3 Å². The minimum absolute atomic E-state index is 0.326. The molecule has 0 bridgehead atoms. The van der Waals surface area contributed by atoms with Crippen molar-refractivity contribution in [2.75, 3.05) is 11.5 Å². The fourth-order valence-electron chi connectivity index (χ4n) is 3.58. The first-order valence-corrected chi connectivity index (χ1v) is 10.7. The van der Waals surface area contributed by atoms with Crippen LogP contribution in [0.3, 0.4) is 0 Å². The number of esters is 1. The molecule has 0 N–H and O–H groups in total. The molecule has 0 aliphatic carbocycles. The first-order chi connectivity index (χ1) is 15.6. The number of carbonyl (C=O) groups excluding carboxylic acids is 2. The normalized spacial score (nSPS) is 12.2. The van der Waals surface area contributed by atoms with E-state index < -0.39 is 12.6 Å². The second-order valence-electron chi connectivity index (χ2n) is 7.12. The van der Waals surface area contributed by atoms with Gasteiger partial charge in [-0.25, -0.2) is 4.98 Å². The molecule has 0 radical (unpaired) electrons. The predicted octanol–water partition coefficient (Wildman–Crippen LogP) is 3.77. The summed E-state index contributed by atoms with van der Waals surface area (Å²) in [5.41, 5.74) is 1.70. The Morgan fingerprint density at radius 2 is 1.50 bits per heavy atom. The van der Waals surface area contributed by atoms with Gasteiger partial charge in [-0.05, 0) is 36.4 Å². The van der Waals surface area contributed by atoms with Gasteiger partial charge in [-0.3, -0.25) is 23.9 Å². The molecule has 0 saturated heterocycles. The van der Waals surface area contributed by atoms with E-state index in [1.807, 2.05) is 48.5 Å². The Morgan fingerprint density at radius 1 is 0.875 bits per heavy atom. The van der Waals surface area contributed by atoms with E-state index in [0.717, 1.165) is 21.2 Å². The van der Waals surface area contributed by atoms with Crippen LogP contribution in [0.1, 0.15) is 0 Å². The third kappa shape index (κ3) is 3.65. The smallest absolute Gasteiger partial charge is 0.326 e. The number of aromatic nitrogens is 2. The van der Waals surface area contributed by atoms with E-state index >= 15 is 0 Å². The maximum absolute atomic E-state index is 13.1. The molecule has 4 aromatic rings. The number of ether oxygens (including phenoxy) is 1. The summed E-state index contributed by atoms with van der Waals surface area (Å²) < 4.78 is 6.41. The molecule has 5 rings (SSSR count). The highest BCUT2D eigenvalue weighted by molar-refractivity contribution is 7.99. The maximum Gasteiger partial charge on any atom is 0.326 e. The highest BCUT2D eigenvalue weighted by atomic mass is 32.2. The van der Waals surface area contributed by atoms with Crippen molar-refractivity contribution in [3.63, 3.8) is 0 Å². The van der Waals surface area contributed by atoms with Crippen LogP contribution in [0.15, 0.2) is 93.7 Å². The summed E-state index contributed by atoms with van der Waals surface area (Å²) in [4.78, 5) is 45.7. The molecule has 158 valence electrons. The highest BCUT2D eigenvalue weighted by Gasteiger charge is 2.28. The second kappa shape index (κ2) is 8.32. The molecule has 0 unspecified atom stereocenters. The highest BCUT2D eigenvalue weighted by Crippen LogP contribution is 2.47. The van der Waals surface area contributed by atoms with E-state index in [-0.39, 0.29) is 18.0 Å². The lowest BCUT2D eigenvalue weighted by Gasteiger charge is -2.30. The topological polar surface area (TPSA) is 81.5 Å². The number of fused-ring (bicyclic) bond motifs is 3. The summed E-state index contributed by atoms with van der Waals surface area (Å²) in [5.74, 6) is -1.06. The van der Waals surface area contributed by atoms with Crippen LogP contribution in [0.2, 0.25) is 0 Å². The van der Waals surface area contributed by atoms with Gasteiger partial charge in [-0.2, -0.15) is 0 Å². The van der Waals surface area contributed by atoms with Crippen LogP contribution in [0.25, 0.3) is 10.9 Å². The lowest BCUT2D eigenvalue weighted by atomic mass is 10.2. The van der Waals surface area contributed by atoms with Crippen LogP contribution in [0.5, 0.6) is 0 Å². The van der Waals surface area contributed by atoms with Crippen LogP contribution < -0.4 is 10.5 Å². The molecule has 0 atom stereocenters. The fraction of sp³-hybridized carbons (Fsp3) is 0.0833. The first kappa shape index (κ1) is 20.0. The van der Waals surface area contributed by atoms with Gasteiger partial charge < -0.3 is 4.74 Å². The van der Waals surface area contributed by atoms with Gasteiger partial charge in [0.05, 0.1) is 28.6 Å². The average Bonchev–Trinajstić information content (AvgIpc) is 2.83. The van der Waals surface area contributed by atoms with Crippen molar-refractivity contribution in [2.24, 2.45) is 0 Å². The van der Waals surface area contributed by atoms with Crippen molar-refractivity contribution in [3.8, 4) is 0 Å². The lowest BCUT2D eigenvalue weighted by Crippen LogP contribution is -2.33. The molecule has 7 nitrogen and oxygen atoms in total. The Labute approximate surface area is 187 Å². The Morgan fingerprint density at radius 3 is 2.22 bits per heavy atom. The summed E-state index contributed by atoms with van der Waals surface area (Å²) in [6, 6.07) is 22.1. The van der Waals surface area contributed by atoms with Gasteiger partial charge in [0.25, 0.3) is 11.5 Å². The Hall–Kier alpha value is -3.91. The van der Waals surface area contributed by atoms with Gasteiger partial charge in [0, 0.05) is 9.79 Å². The molecule has 1 aliphatic rings. The minimum Gasteiger partial charge on any atom is -0.454 e. The van der Waals surface area contributed by atoms with Gasteiger partial charge in [0.2, 0.25) is 0 Å². The monoisotopic (exact) mass is 443 g/mol. The third-order valence-electron chi connectivity index (χ3n) is 5.07. The maximum atomic E-state index is 13.1. The van der Waals surface area contributed by atoms with Gasteiger partial charge in [-0.15, -0.1) is 0 Å². The van der Waals surface area contributed by atoms with Gasteiger partial charge in [0.15, 0.2) is 6.61 Å². The molecule has 0 spiro atoms. The number of rotatable bonds is 4. The molecule has 0 fully saturated rings. The Kier molecular flexibility index (Phi) is 5.20. The van der Waals surface area contributed by atoms with Crippen LogP contribution in [0.4, 0.5) is 11.4 Å². The Bertz CT molecular complexity index is 1370. The van der Waals surface area contributed by atoms with E-state index in [2.05, 4.69) is 4.98 Å². The molecular formula is C24H17N3O4S. The zero-order chi connectivity index (χ0) is 22.1. The number of amides is 1. The summed E-state index contributed by atoms with van der Waals surface area (Å²) >= 11 is 1.59. The van der Waals surface area contributed by atoms with Crippen LogP contribution in [-0.4, -0.2) is 28.0 Å². The standard InChI is InChI=1S/C24H17N3O4S/c28-22(27-18-9-3-5-11-20(18)32-21-12-6-4-10-19(21)27)14-31-23(29)13-26-15-25-17-8-2-1-7-16(17)24(26)30/h1-12,15H,13-14H2. The van der Waals surface area contributed by atoms with Crippen LogP contribution in [-0.2, 0) is 20.9 Å². The molecule has 3 aromatic carbocycles. The first-order valence-electron chi connectivity index (χ1n) is 9.90. The minimum atomic E-state index is -0.689. The van der Waals surface area contributed by atoms with Gasteiger partial charge >= 0.3 is 5.97 Å². The van der Waals surface area contributed by atoms with Crippen molar-refractivity contribution < 1.29 is 14.3 Å². The lowest BCUT2D eigenvalue weighted by molar-refractivity contribution is -0.148. The van der Waals surface area contributed by atoms with Crippen molar-refractivity contribution in [1.29, 1.82) is 0 Å². The van der Waals surface area contributed by atoms with Gasteiger partial charge in [-0.1, -0.05) is 48.2 Å². The number of carbonyl (C=O) groups is 2. The molecule has 1 aromatic heterocycles. The van der Waals surface area contributed by atoms with Crippen molar-refractivity contribution >= 4 is 45.9 Å². The van der Waals surface area contributed by atoms with Crippen LogP contribution >= 0.6 is 11.8 Å². The molecule has 2 heterocycles.